The number of sulfonamides is 1. The fraction of sp³-hybridized carbons (Fsp3) is 0.455. The Balaban J connectivity index is 2.33. The molecule has 4 nitrogen and oxygen atoms in total. The van der Waals surface area contributed by atoms with Gasteiger partial charge in [-0.3, -0.25) is 0 Å². The maximum atomic E-state index is 13.5. The predicted octanol–water partition coefficient (Wildman–Crippen LogP) is 1.51. The van der Waals surface area contributed by atoms with Crippen molar-refractivity contribution >= 4 is 10.0 Å². The van der Waals surface area contributed by atoms with Gasteiger partial charge in [-0.05, 0) is 12.1 Å². The highest BCUT2D eigenvalue weighted by Gasteiger charge is 2.59. The van der Waals surface area contributed by atoms with E-state index in [2.05, 4.69) is 0 Å². The lowest BCUT2D eigenvalue weighted by molar-refractivity contribution is -0.252. The van der Waals surface area contributed by atoms with Crippen LogP contribution in [0.25, 0.3) is 0 Å². The number of alkyl halides is 3. The van der Waals surface area contributed by atoms with Gasteiger partial charge in [-0.15, -0.1) is 0 Å². The van der Waals surface area contributed by atoms with Gasteiger partial charge in [0.25, 0.3) is 0 Å². The molecule has 0 aromatic heterocycles. The zero-order valence-electron chi connectivity index (χ0n) is 10.1. The molecule has 9 heteroatoms. The number of benzene rings is 1. The quantitative estimate of drug-likeness (QED) is 0.842. The Bertz CT molecular complexity index is 616. The van der Waals surface area contributed by atoms with Crippen molar-refractivity contribution in [2.45, 2.75) is 23.1 Å². The van der Waals surface area contributed by atoms with Crippen LogP contribution in [-0.2, 0) is 10.0 Å². The lowest BCUT2D eigenvalue weighted by Crippen LogP contribution is -2.48. The molecule has 1 saturated heterocycles. The molecule has 1 fully saturated rings. The first-order valence-electron chi connectivity index (χ1n) is 5.62. The van der Waals surface area contributed by atoms with Gasteiger partial charge >= 0.3 is 6.18 Å². The molecular weight excluding hydrogens is 302 g/mol. The molecule has 1 N–H and O–H groups in total. The fourth-order valence-electron chi connectivity index (χ4n) is 1.99. The van der Waals surface area contributed by atoms with E-state index < -0.39 is 52.0 Å². The maximum Gasteiger partial charge on any atom is 0.418 e. The van der Waals surface area contributed by atoms with Crippen molar-refractivity contribution in [3.63, 3.8) is 0 Å². The van der Waals surface area contributed by atoms with Crippen LogP contribution in [0.4, 0.5) is 17.6 Å². The maximum absolute atomic E-state index is 13.5. The van der Waals surface area contributed by atoms with Crippen LogP contribution >= 0.6 is 0 Å². The number of hydrogen-bond acceptors (Lipinski definition) is 3. The minimum Gasteiger partial charge on any atom is -0.379 e. The van der Waals surface area contributed by atoms with Crippen molar-refractivity contribution in [2.75, 3.05) is 13.1 Å². The Kier molecular flexibility index (Phi) is 3.55. The van der Waals surface area contributed by atoms with Gasteiger partial charge in [-0.1, -0.05) is 12.1 Å². The molecule has 1 atom stereocenters. The van der Waals surface area contributed by atoms with E-state index in [-0.39, 0.29) is 0 Å². The largest absolute Gasteiger partial charge is 0.418 e. The highest BCUT2D eigenvalue weighted by Crippen LogP contribution is 2.39. The Morgan fingerprint density at radius 3 is 2.35 bits per heavy atom. The summed E-state index contributed by atoms with van der Waals surface area (Å²) in [6.45, 7) is -1.65. The molecule has 112 valence electrons. The molecule has 1 heterocycles. The molecule has 20 heavy (non-hydrogen) atoms. The zero-order chi connectivity index (χ0) is 15.2. The van der Waals surface area contributed by atoms with E-state index in [9.17, 15) is 31.1 Å². The highest BCUT2D eigenvalue weighted by atomic mass is 32.2. The van der Waals surface area contributed by atoms with Gasteiger partial charge in [0.05, 0.1) is 6.54 Å². The third kappa shape index (κ3) is 2.40. The van der Waals surface area contributed by atoms with E-state index in [1.165, 1.54) is 12.1 Å². The molecule has 1 aromatic carbocycles. The molecule has 1 unspecified atom stereocenters. The first-order valence-corrected chi connectivity index (χ1v) is 7.06. The van der Waals surface area contributed by atoms with Crippen molar-refractivity contribution in [3.05, 3.63) is 30.1 Å². The van der Waals surface area contributed by atoms with Crippen LogP contribution < -0.4 is 0 Å². The SMILES string of the molecule is O=S(=O)(c1ccccc1F)N1CCC(O)(C(F)(F)F)C1. The fourth-order valence-corrected chi connectivity index (χ4v) is 3.55. The molecule has 0 amide bonds. The van der Waals surface area contributed by atoms with E-state index >= 15 is 0 Å². The highest BCUT2D eigenvalue weighted by molar-refractivity contribution is 7.89. The van der Waals surface area contributed by atoms with Crippen LogP contribution in [0.1, 0.15) is 6.42 Å². The first kappa shape index (κ1) is 15.2. The molecule has 0 saturated carbocycles. The van der Waals surface area contributed by atoms with Gasteiger partial charge in [-0.25, -0.2) is 12.8 Å². The summed E-state index contributed by atoms with van der Waals surface area (Å²) in [5, 5.41) is 9.45. The van der Waals surface area contributed by atoms with Crippen LogP contribution in [0.15, 0.2) is 29.2 Å². The predicted molar refractivity (Wildman–Crippen MR) is 60.8 cm³/mol. The van der Waals surface area contributed by atoms with Gasteiger partial charge in [-0.2, -0.15) is 17.5 Å². The number of hydrogen-bond donors (Lipinski definition) is 1. The van der Waals surface area contributed by atoms with E-state index in [0.29, 0.717) is 4.31 Å². The lowest BCUT2D eigenvalue weighted by Gasteiger charge is -2.25. The summed E-state index contributed by atoms with van der Waals surface area (Å²) in [6.07, 6.45) is -5.71. The van der Waals surface area contributed by atoms with E-state index in [0.717, 1.165) is 12.1 Å². The monoisotopic (exact) mass is 313 g/mol. The number of β-amino-alcohol motifs (C(OH)–C–C–N with tert-alkyl or cyclic N) is 1. The minimum absolute atomic E-state index is 0.443. The van der Waals surface area contributed by atoms with Crippen molar-refractivity contribution in [1.82, 2.24) is 4.31 Å². The molecule has 0 bridgehead atoms. The Hall–Kier alpha value is -1.19. The Labute approximate surface area is 112 Å². The third-order valence-corrected chi connectivity index (χ3v) is 5.07. The number of aliphatic hydroxyl groups is 1. The lowest BCUT2D eigenvalue weighted by atomic mass is 10.0. The Morgan fingerprint density at radius 2 is 1.85 bits per heavy atom. The van der Waals surface area contributed by atoms with E-state index in [1.54, 1.807) is 0 Å². The minimum atomic E-state index is -4.94. The zero-order valence-corrected chi connectivity index (χ0v) is 10.9. The van der Waals surface area contributed by atoms with Gasteiger partial charge in [0.15, 0.2) is 5.60 Å². The van der Waals surface area contributed by atoms with Crippen molar-refractivity contribution < 1.29 is 31.1 Å². The van der Waals surface area contributed by atoms with Crippen molar-refractivity contribution in [2.24, 2.45) is 0 Å². The summed E-state index contributed by atoms with van der Waals surface area (Å²) in [4.78, 5) is -0.702. The topological polar surface area (TPSA) is 57.6 Å². The van der Waals surface area contributed by atoms with Crippen LogP contribution in [0.3, 0.4) is 0 Å². The van der Waals surface area contributed by atoms with Crippen molar-refractivity contribution in [3.8, 4) is 0 Å². The second-order valence-corrected chi connectivity index (χ2v) is 6.45. The summed E-state index contributed by atoms with van der Waals surface area (Å²) < 4.78 is 76.0. The van der Waals surface area contributed by atoms with Crippen LogP contribution in [-0.4, -0.2) is 42.7 Å². The van der Waals surface area contributed by atoms with Crippen molar-refractivity contribution in [1.29, 1.82) is 0 Å². The summed E-state index contributed by atoms with van der Waals surface area (Å²) in [7, 11) is -4.40. The summed E-state index contributed by atoms with van der Waals surface area (Å²) in [6, 6.07) is 4.40. The number of nitrogens with zero attached hydrogens (tertiary/aromatic N) is 1. The molecular formula is C11H11F4NO3S. The van der Waals surface area contributed by atoms with E-state index in [4.69, 9.17) is 0 Å². The van der Waals surface area contributed by atoms with Gasteiger partial charge in [0, 0.05) is 13.0 Å². The second kappa shape index (κ2) is 4.68. The Morgan fingerprint density at radius 1 is 1.25 bits per heavy atom. The second-order valence-electron chi connectivity index (χ2n) is 4.55. The third-order valence-electron chi connectivity index (χ3n) is 3.19. The van der Waals surface area contributed by atoms with Gasteiger partial charge in [0.1, 0.15) is 10.7 Å². The summed E-state index contributed by atoms with van der Waals surface area (Å²) in [5.41, 5.74) is -3.09. The summed E-state index contributed by atoms with van der Waals surface area (Å²) >= 11 is 0. The molecule has 1 aromatic rings. The molecule has 0 spiro atoms. The van der Waals surface area contributed by atoms with Gasteiger partial charge in [0.2, 0.25) is 10.0 Å². The van der Waals surface area contributed by atoms with E-state index in [1.807, 2.05) is 0 Å². The number of halogens is 4. The standard InChI is InChI=1S/C11H11F4NO3S/c12-8-3-1-2-4-9(8)20(18,19)16-6-5-10(17,7-16)11(13,14)15/h1-4,17H,5-7H2. The average molecular weight is 313 g/mol. The van der Waals surface area contributed by atoms with Crippen LogP contribution in [0.5, 0.6) is 0 Å². The smallest absolute Gasteiger partial charge is 0.379 e. The summed E-state index contributed by atoms with van der Waals surface area (Å²) in [5.74, 6) is -1.05. The molecule has 0 aliphatic carbocycles. The van der Waals surface area contributed by atoms with Crippen LogP contribution in [0.2, 0.25) is 0 Å². The molecule has 2 rings (SSSR count). The molecule has 1 aliphatic heterocycles. The first-order chi connectivity index (χ1) is 9.08. The normalized spacial score (nSPS) is 25.1. The number of rotatable bonds is 2. The average Bonchev–Trinajstić information content (AvgIpc) is 2.74. The molecule has 1 aliphatic rings. The van der Waals surface area contributed by atoms with Crippen LogP contribution in [0, 0.1) is 5.82 Å². The molecule has 0 radical (unpaired) electrons. The van der Waals surface area contributed by atoms with Gasteiger partial charge < -0.3 is 5.11 Å².